The Morgan fingerprint density at radius 2 is 2.08 bits per heavy atom. The van der Waals surface area contributed by atoms with Crippen molar-refractivity contribution in [1.82, 2.24) is 19.5 Å². The van der Waals surface area contributed by atoms with Gasteiger partial charge in [0.25, 0.3) is 0 Å². The summed E-state index contributed by atoms with van der Waals surface area (Å²) in [7, 11) is 2.06. The van der Waals surface area contributed by atoms with Crippen LogP contribution in [0.5, 0.6) is 0 Å². The number of hydrogen-bond donors (Lipinski definition) is 2. The van der Waals surface area contributed by atoms with Crippen LogP contribution in [0.3, 0.4) is 0 Å². The predicted molar refractivity (Wildman–Crippen MR) is 97.4 cm³/mol. The number of nitrogens with zero attached hydrogens (tertiary/aromatic N) is 5. The molecule has 0 spiro atoms. The van der Waals surface area contributed by atoms with Gasteiger partial charge in [-0.25, -0.2) is 19.8 Å². The van der Waals surface area contributed by atoms with E-state index in [0.29, 0.717) is 23.6 Å². The first-order valence-corrected chi connectivity index (χ1v) is 8.32. The van der Waals surface area contributed by atoms with Crippen molar-refractivity contribution in [2.24, 2.45) is 7.05 Å². The Hall–Kier alpha value is -3.14. The van der Waals surface area contributed by atoms with Crippen LogP contribution < -0.4 is 11.1 Å². The number of benzene rings is 1. The fraction of sp³-hybridized carbons (Fsp3) is 0.333. The number of nitrogens with two attached hydrogens (primary N) is 1. The Morgan fingerprint density at radius 3 is 2.84 bits per heavy atom. The van der Waals surface area contributed by atoms with E-state index in [4.69, 9.17) is 17.3 Å². The van der Waals surface area contributed by atoms with Crippen LogP contribution in [0.15, 0.2) is 30.6 Å². The molecule has 0 aliphatic heterocycles. The molecule has 0 radical (unpaired) electrons. The summed E-state index contributed by atoms with van der Waals surface area (Å²) in [6.07, 6.45) is 6.20. The van der Waals surface area contributed by atoms with Crippen molar-refractivity contribution in [2.45, 2.75) is 31.2 Å². The number of nitrogen functional groups attached to an aromatic ring is 1. The summed E-state index contributed by atoms with van der Waals surface area (Å²) in [5.74, 6) is 2.09. The van der Waals surface area contributed by atoms with Crippen LogP contribution in [0, 0.1) is 6.57 Å². The van der Waals surface area contributed by atoms with Crippen molar-refractivity contribution < 1.29 is 0 Å². The lowest BCUT2D eigenvalue weighted by molar-refractivity contribution is 0.629. The summed E-state index contributed by atoms with van der Waals surface area (Å²) in [6, 6.07) is 6.18. The summed E-state index contributed by atoms with van der Waals surface area (Å²) in [6.45, 7) is 6.95. The van der Waals surface area contributed by atoms with Gasteiger partial charge in [-0.15, -0.1) is 0 Å². The average Bonchev–Trinajstić information content (AvgIpc) is 3.20. The monoisotopic (exact) mass is 333 g/mol. The molecule has 1 fully saturated rings. The van der Waals surface area contributed by atoms with E-state index in [1.807, 2.05) is 18.2 Å². The van der Waals surface area contributed by atoms with E-state index in [2.05, 4.69) is 31.7 Å². The van der Waals surface area contributed by atoms with Gasteiger partial charge < -0.3 is 15.6 Å². The largest absolute Gasteiger partial charge is 0.399 e. The van der Waals surface area contributed by atoms with E-state index >= 15 is 0 Å². The third-order valence-electron chi connectivity index (χ3n) is 4.84. The van der Waals surface area contributed by atoms with E-state index in [0.717, 1.165) is 41.8 Å². The molecule has 1 aromatic carbocycles. The molecule has 2 atom stereocenters. The summed E-state index contributed by atoms with van der Waals surface area (Å²) >= 11 is 0. The standard InChI is InChI=1S/C18H19N7/c1-20-14-9-21-18(22-10-14)23-13-5-3-11(7-13)17-24-15-8-12(19)4-6-16(15)25(17)2/h4,6,8-11,13H,3,5,7,19H2,2H3,(H,21,22,23)/t11-,13+/m0/s1. The number of rotatable bonds is 3. The molecule has 0 bridgehead atoms. The fourth-order valence-corrected chi connectivity index (χ4v) is 3.58. The Labute approximate surface area is 145 Å². The smallest absolute Gasteiger partial charge is 0.223 e. The molecule has 1 aliphatic rings. The summed E-state index contributed by atoms with van der Waals surface area (Å²) < 4.78 is 2.17. The highest BCUT2D eigenvalue weighted by Crippen LogP contribution is 2.36. The highest BCUT2D eigenvalue weighted by atomic mass is 15.1. The molecule has 2 aromatic heterocycles. The van der Waals surface area contributed by atoms with E-state index in [1.54, 1.807) is 12.4 Å². The first-order valence-electron chi connectivity index (χ1n) is 8.32. The third-order valence-corrected chi connectivity index (χ3v) is 4.84. The molecule has 2 heterocycles. The molecule has 1 aliphatic carbocycles. The van der Waals surface area contributed by atoms with Crippen molar-refractivity contribution in [3.63, 3.8) is 0 Å². The maximum Gasteiger partial charge on any atom is 0.223 e. The van der Waals surface area contributed by atoms with Gasteiger partial charge >= 0.3 is 0 Å². The van der Waals surface area contributed by atoms with Crippen LogP contribution >= 0.6 is 0 Å². The third kappa shape index (κ3) is 2.87. The van der Waals surface area contributed by atoms with Gasteiger partial charge in [-0.2, -0.15) is 0 Å². The number of hydrogen-bond acceptors (Lipinski definition) is 5. The Bertz CT molecular complexity index is 952. The van der Waals surface area contributed by atoms with E-state index in [9.17, 15) is 0 Å². The minimum absolute atomic E-state index is 0.314. The molecule has 0 saturated heterocycles. The van der Waals surface area contributed by atoms with Gasteiger partial charge in [0.15, 0.2) is 0 Å². The second kappa shape index (κ2) is 6.06. The zero-order valence-corrected chi connectivity index (χ0v) is 14.0. The molecule has 0 amide bonds. The van der Waals surface area contributed by atoms with Crippen molar-refractivity contribution in [1.29, 1.82) is 0 Å². The molecule has 4 rings (SSSR count). The van der Waals surface area contributed by atoms with Gasteiger partial charge in [-0.05, 0) is 37.5 Å². The molecule has 3 aromatic rings. The molecule has 7 nitrogen and oxygen atoms in total. The fourth-order valence-electron chi connectivity index (χ4n) is 3.58. The van der Waals surface area contributed by atoms with Crippen molar-refractivity contribution in [2.75, 3.05) is 11.1 Å². The van der Waals surface area contributed by atoms with Gasteiger partial charge in [-0.1, -0.05) is 0 Å². The molecule has 126 valence electrons. The zero-order valence-electron chi connectivity index (χ0n) is 14.0. The highest BCUT2D eigenvalue weighted by molar-refractivity contribution is 5.79. The molecule has 3 N–H and O–H groups in total. The number of aromatic nitrogens is 4. The van der Waals surface area contributed by atoms with Crippen molar-refractivity contribution in [3.05, 3.63) is 47.8 Å². The van der Waals surface area contributed by atoms with Gasteiger partial charge in [0.1, 0.15) is 5.82 Å². The van der Waals surface area contributed by atoms with Crippen LogP contribution in [0.4, 0.5) is 17.3 Å². The molecular weight excluding hydrogens is 314 g/mol. The number of fused-ring (bicyclic) bond motifs is 1. The predicted octanol–water partition coefficient (Wildman–Crippen LogP) is 3.24. The van der Waals surface area contributed by atoms with Crippen LogP contribution in [0.2, 0.25) is 0 Å². The minimum atomic E-state index is 0.314. The van der Waals surface area contributed by atoms with E-state index in [-0.39, 0.29) is 0 Å². The SMILES string of the molecule is [C-]#[N+]c1cnc(N[C@@H]2CC[C@H](c3nc4cc(N)ccc4n3C)C2)nc1. The lowest BCUT2D eigenvalue weighted by Crippen LogP contribution is -2.17. The number of anilines is 2. The van der Waals surface area contributed by atoms with Gasteiger partial charge in [0.2, 0.25) is 11.6 Å². The quantitative estimate of drug-likeness (QED) is 0.567. The van der Waals surface area contributed by atoms with Crippen molar-refractivity contribution >= 4 is 28.4 Å². The molecule has 0 unspecified atom stereocenters. The van der Waals surface area contributed by atoms with Crippen LogP contribution in [-0.4, -0.2) is 25.6 Å². The minimum Gasteiger partial charge on any atom is -0.399 e. The Balaban J connectivity index is 1.50. The van der Waals surface area contributed by atoms with Crippen LogP contribution in [0.1, 0.15) is 31.0 Å². The van der Waals surface area contributed by atoms with Gasteiger partial charge in [0, 0.05) is 37.1 Å². The first kappa shape index (κ1) is 15.4. The molecule has 1 saturated carbocycles. The summed E-state index contributed by atoms with van der Waals surface area (Å²) in [5.41, 5.74) is 9.13. The Morgan fingerprint density at radius 1 is 1.28 bits per heavy atom. The molecular formula is C18H19N7. The number of aryl methyl sites for hydroxylation is 1. The van der Waals surface area contributed by atoms with Gasteiger partial charge in [-0.3, -0.25) is 0 Å². The van der Waals surface area contributed by atoms with Crippen LogP contribution in [0.25, 0.3) is 15.9 Å². The number of nitrogens with one attached hydrogen (secondary N) is 1. The van der Waals surface area contributed by atoms with E-state index < -0.39 is 0 Å². The maximum atomic E-state index is 6.95. The lowest BCUT2D eigenvalue weighted by Gasteiger charge is -2.13. The summed E-state index contributed by atoms with van der Waals surface area (Å²) in [5, 5.41) is 3.37. The second-order valence-corrected chi connectivity index (χ2v) is 6.51. The zero-order chi connectivity index (χ0) is 17.4. The normalized spacial score (nSPS) is 19.8. The molecule has 7 heteroatoms. The molecule has 25 heavy (non-hydrogen) atoms. The Kier molecular flexibility index (Phi) is 3.73. The topological polar surface area (TPSA) is 86.0 Å². The highest BCUT2D eigenvalue weighted by Gasteiger charge is 2.29. The average molecular weight is 333 g/mol. The van der Waals surface area contributed by atoms with Gasteiger partial charge in [0.05, 0.1) is 17.6 Å². The van der Waals surface area contributed by atoms with Crippen molar-refractivity contribution in [3.8, 4) is 0 Å². The second-order valence-electron chi connectivity index (χ2n) is 6.51. The van der Waals surface area contributed by atoms with E-state index in [1.165, 1.54) is 0 Å². The number of imidazole rings is 1. The first-order chi connectivity index (χ1) is 12.1. The lowest BCUT2D eigenvalue weighted by atomic mass is 10.1. The summed E-state index contributed by atoms with van der Waals surface area (Å²) in [4.78, 5) is 16.5. The van der Waals surface area contributed by atoms with Crippen LogP contribution in [-0.2, 0) is 7.05 Å². The maximum absolute atomic E-state index is 6.95.